The third-order valence-electron chi connectivity index (χ3n) is 3.93. The maximum Gasteiger partial charge on any atom is 0.255 e. The molecule has 23 heavy (non-hydrogen) atoms. The van der Waals surface area contributed by atoms with Crippen molar-refractivity contribution in [3.63, 3.8) is 0 Å². The van der Waals surface area contributed by atoms with Gasteiger partial charge < -0.3 is 10.4 Å². The van der Waals surface area contributed by atoms with E-state index in [0.29, 0.717) is 26.9 Å². The van der Waals surface area contributed by atoms with Gasteiger partial charge in [0.1, 0.15) is 0 Å². The standard InChI is InChI=1S/C16H19Cl2N3O2/c1-3-9(2)14(8-22)20-16(23)12-7-19-21-15(12)11-5-4-10(17)6-13(11)18/h4-7,9,14,22H,3,8H2,1-2H3,(H,19,21)(H,20,23)/t9-,14-/m1/s1. The van der Waals surface area contributed by atoms with E-state index in [2.05, 4.69) is 15.5 Å². The van der Waals surface area contributed by atoms with E-state index in [-0.39, 0.29) is 24.5 Å². The highest BCUT2D eigenvalue weighted by molar-refractivity contribution is 6.36. The molecule has 5 nitrogen and oxygen atoms in total. The molecular weight excluding hydrogens is 337 g/mol. The summed E-state index contributed by atoms with van der Waals surface area (Å²) in [7, 11) is 0. The lowest BCUT2D eigenvalue weighted by Gasteiger charge is -2.22. The van der Waals surface area contributed by atoms with Crippen LogP contribution < -0.4 is 5.32 Å². The van der Waals surface area contributed by atoms with Crippen LogP contribution in [0.25, 0.3) is 11.3 Å². The Morgan fingerprint density at radius 3 is 2.78 bits per heavy atom. The van der Waals surface area contributed by atoms with Gasteiger partial charge in [-0.05, 0) is 24.1 Å². The van der Waals surface area contributed by atoms with Crippen LogP contribution in [0.3, 0.4) is 0 Å². The first-order valence-corrected chi connectivity index (χ1v) is 8.14. The van der Waals surface area contributed by atoms with E-state index < -0.39 is 0 Å². The number of aliphatic hydroxyl groups is 1. The Morgan fingerprint density at radius 1 is 1.43 bits per heavy atom. The zero-order valence-electron chi connectivity index (χ0n) is 12.9. The lowest BCUT2D eigenvalue weighted by Crippen LogP contribution is -2.41. The predicted octanol–water partition coefficient (Wildman–Crippen LogP) is 3.52. The molecule has 3 N–H and O–H groups in total. The number of rotatable bonds is 6. The molecule has 0 saturated heterocycles. The number of aliphatic hydroxyl groups excluding tert-OH is 1. The third-order valence-corrected chi connectivity index (χ3v) is 4.48. The van der Waals surface area contributed by atoms with Crippen LogP contribution in [-0.4, -0.2) is 33.9 Å². The third kappa shape index (κ3) is 4.05. The number of aromatic nitrogens is 2. The molecule has 1 amide bonds. The molecule has 1 heterocycles. The first-order valence-electron chi connectivity index (χ1n) is 7.38. The molecule has 0 unspecified atom stereocenters. The molecule has 2 rings (SSSR count). The molecular formula is C16H19Cl2N3O2. The highest BCUT2D eigenvalue weighted by Gasteiger charge is 2.22. The van der Waals surface area contributed by atoms with Gasteiger partial charge in [0.05, 0.1) is 35.1 Å². The van der Waals surface area contributed by atoms with Crippen molar-refractivity contribution in [2.75, 3.05) is 6.61 Å². The van der Waals surface area contributed by atoms with Gasteiger partial charge in [0, 0.05) is 10.6 Å². The van der Waals surface area contributed by atoms with Crippen LogP contribution in [0.2, 0.25) is 10.0 Å². The first kappa shape index (κ1) is 17.8. The van der Waals surface area contributed by atoms with Gasteiger partial charge in [0.25, 0.3) is 5.91 Å². The minimum atomic E-state index is -0.309. The maximum absolute atomic E-state index is 12.5. The number of aromatic amines is 1. The van der Waals surface area contributed by atoms with Crippen LogP contribution >= 0.6 is 23.2 Å². The summed E-state index contributed by atoms with van der Waals surface area (Å²) in [6, 6.07) is 4.72. The molecule has 7 heteroatoms. The van der Waals surface area contributed by atoms with Crippen LogP contribution in [-0.2, 0) is 0 Å². The monoisotopic (exact) mass is 355 g/mol. The number of halogens is 2. The number of nitrogens with one attached hydrogen (secondary N) is 2. The van der Waals surface area contributed by atoms with Crippen molar-refractivity contribution in [3.8, 4) is 11.3 Å². The van der Waals surface area contributed by atoms with Crippen molar-refractivity contribution in [2.45, 2.75) is 26.3 Å². The van der Waals surface area contributed by atoms with E-state index in [4.69, 9.17) is 23.2 Å². The lowest BCUT2D eigenvalue weighted by molar-refractivity contribution is 0.0892. The molecule has 0 fully saturated rings. The number of hydrogen-bond donors (Lipinski definition) is 3. The van der Waals surface area contributed by atoms with Gasteiger partial charge in [-0.15, -0.1) is 0 Å². The summed E-state index contributed by atoms with van der Waals surface area (Å²) in [5, 5.41) is 20.0. The summed E-state index contributed by atoms with van der Waals surface area (Å²) in [4.78, 5) is 12.5. The largest absolute Gasteiger partial charge is 0.394 e. The topological polar surface area (TPSA) is 78.0 Å². The Morgan fingerprint density at radius 2 is 2.17 bits per heavy atom. The summed E-state index contributed by atoms with van der Waals surface area (Å²) in [5.74, 6) is -0.141. The van der Waals surface area contributed by atoms with E-state index in [1.54, 1.807) is 18.2 Å². The van der Waals surface area contributed by atoms with Crippen molar-refractivity contribution >= 4 is 29.1 Å². The number of nitrogens with zero attached hydrogens (tertiary/aromatic N) is 1. The van der Waals surface area contributed by atoms with Gasteiger partial charge in [-0.2, -0.15) is 5.10 Å². The van der Waals surface area contributed by atoms with E-state index in [1.807, 2.05) is 13.8 Å². The van der Waals surface area contributed by atoms with Crippen LogP contribution in [0, 0.1) is 5.92 Å². The number of hydrogen-bond acceptors (Lipinski definition) is 3. The number of amides is 1. The molecule has 2 atom stereocenters. The normalized spacial score (nSPS) is 13.6. The predicted molar refractivity (Wildman–Crippen MR) is 91.8 cm³/mol. The zero-order valence-corrected chi connectivity index (χ0v) is 14.4. The van der Waals surface area contributed by atoms with E-state index in [0.717, 1.165) is 6.42 Å². The number of benzene rings is 1. The van der Waals surface area contributed by atoms with Gasteiger partial charge in [-0.3, -0.25) is 9.89 Å². The minimum Gasteiger partial charge on any atom is -0.394 e. The fraction of sp³-hybridized carbons (Fsp3) is 0.375. The molecule has 0 aliphatic rings. The van der Waals surface area contributed by atoms with Crippen LogP contribution in [0.15, 0.2) is 24.4 Å². The molecule has 0 spiro atoms. The van der Waals surface area contributed by atoms with Crippen molar-refractivity contribution in [2.24, 2.45) is 5.92 Å². The quantitative estimate of drug-likeness (QED) is 0.741. The molecule has 2 aromatic rings. The van der Waals surface area contributed by atoms with E-state index in [9.17, 15) is 9.90 Å². The molecule has 0 aliphatic carbocycles. The fourth-order valence-corrected chi connectivity index (χ4v) is 2.76. The number of H-pyrrole nitrogens is 1. The number of carbonyl (C=O) groups excluding carboxylic acids is 1. The molecule has 0 radical (unpaired) electrons. The Balaban J connectivity index is 2.28. The van der Waals surface area contributed by atoms with Gasteiger partial charge in [-0.1, -0.05) is 43.5 Å². The number of carbonyl (C=O) groups is 1. The SMILES string of the molecule is CC[C@@H](C)[C@@H](CO)NC(=O)c1cn[nH]c1-c1ccc(Cl)cc1Cl. The molecule has 1 aromatic heterocycles. The second-order valence-corrected chi connectivity index (χ2v) is 6.27. The van der Waals surface area contributed by atoms with Crippen molar-refractivity contribution in [3.05, 3.63) is 40.0 Å². The van der Waals surface area contributed by atoms with E-state index in [1.165, 1.54) is 6.20 Å². The summed E-state index contributed by atoms with van der Waals surface area (Å²) in [5.41, 5.74) is 1.53. The van der Waals surface area contributed by atoms with E-state index >= 15 is 0 Å². The van der Waals surface area contributed by atoms with Gasteiger partial charge in [0.2, 0.25) is 0 Å². The average molecular weight is 356 g/mol. The Labute approximate surface area is 145 Å². The Hall–Kier alpha value is -1.56. The van der Waals surface area contributed by atoms with Gasteiger partial charge in [0.15, 0.2) is 0 Å². The molecule has 0 aliphatic heterocycles. The fourth-order valence-electron chi connectivity index (χ4n) is 2.25. The summed E-state index contributed by atoms with van der Waals surface area (Å²) in [6.07, 6.45) is 2.30. The molecule has 0 saturated carbocycles. The van der Waals surface area contributed by atoms with Gasteiger partial charge in [-0.25, -0.2) is 0 Å². The molecule has 0 bridgehead atoms. The zero-order chi connectivity index (χ0) is 17.0. The maximum atomic E-state index is 12.5. The summed E-state index contributed by atoms with van der Waals surface area (Å²) < 4.78 is 0. The van der Waals surface area contributed by atoms with Crippen molar-refractivity contribution < 1.29 is 9.90 Å². The molecule has 1 aromatic carbocycles. The molecule has 124 valence electrons. The smallest absolute Gasteiger partial charge is 0.255 e. The average Bonchev–Trinajstić information content (AvgIpc) is 3.01. The van der Waals surface area contributed by atoms with Gasteiger partial charge >= 0.3 is 0 Å². The lowest BCUT2D eigenvalue weighted by atomic mass is 9.99. The highest BCUT2D eigenvalue weighted by Crippen LogP contribution is 2.31. The Bertz CT molecular complexity index is 688. The second kappa shape index (κ2) is 7.81. The van der Waals surface area contributed by atoms with Crippen molar-refractivity contribution in [1.82, 2.24) is 15.5 Å². The van der Waals surface area contributed by atoms with Crippen LogP contribution in [0.4, 0.5) is 0 Å². The first-order chi connectivity index (χ1) is 11.0. The summed E-state index contributed by atoms with van der Waals surface area (Å²) in [6.45, 7) is 3.87. The summed E-state index contributed by atoms with van der Waals surface area (Å²) >= 11 is 12.1. The van der Waals surface area contributed by atoms with Crippen LogP contribution in [0.1, 0.15) is 30.6 Å². The minimum absolute atomic E-state index is 0.115. The Kier molecular flexibility index (Phi) is 6.04. The van der Waals surface area contributed by atoms with Crippen molar-refractivity contribution in [1.29, 1.82) is 0 Å². The highest BCUT2D eigenvalue weighted by atomic mass is 35.5. The second-order valence-electron chi connectivity index (χ2n) is 5.43. The van der Waals surface area contributed by atoms with Crippen LogP contribution in [0.5, 0.6) is 0 Å².